The summed E-state index contributed by atoms with van der Waals surface area (Å²) in [7, 11) is 0. The first-order valence-corrected chi connectivity index (χ1v) is 10.4. The number of pyridine rings is 1. The first kappa shape index (κ1) is 13.1. The normalized spacial score (nSPS) is 12.2. The van der Waals surface area contributed by atoms with E-state index in [2.05, 4.69) is 60.7 Å². The SMILES string of the molecule is c1ccc2c(c1)ccc1c3nccc4sc5cccc([se]c21)c5c43. The van der Waals surface area contributed by atoms with Gasteiger partial charge in [0.15, 0.2) is 0 Å². The summed E-state index contributed by atoms with van der Waals surface area (Å²) in [5.41, 5.74) is 1.16. The summed E-state index contributed by atoms with van der Waals surface area (Å²) in [6.07, 6.45) is 1.96. The second kappa shape index (κ2) is 4.67. The number of rotatable bonds is 0. The monoisotopic (exact) mass is 389 g/mol. The van der Waals surface area contributed by atoms with Gasteiger partial charge in [0.2, 0.25) is 0 Å². The molecule has 0 aliphatic heterocycles. The number of hydrogen-bond donors (Lipinski definition) is 0. The molecular weight excluding hydrogens is 377 g/mol. The third-order valence-corrected chi connectivity index (χ3v) is 8.36. The summed E-state index contributed by atoms with van der Waals surface area (Å²) in [5, 5.41) is 6.79. The van der Waals surface area contributed by atoms with Crippen LogP contribution in [0, 0.1) is 0 Å². The summed E-state index contributed by atoms with van der Waals surface area (Å²) in [6, 6.07) is 22.2. The molecule has 0 aliphatic carbocycles. The number of benzene rings is 3. The van der Waals surface area contributed by atoms with Crippen LogP contribution in [0.4, 0.5) is 0 Å². The Morgan fingerprint density at radius 3 is 2.67 bits per heavy atom. The molecule has 1 nitrogen and oxygen atoms in total. The fraction of sp³-hybridized carbons (Fsp3) is 0. The van der Waals surface area contributed by atoms with Crippen molar-refractivity contribution in [3.05, 3.63) is 66.9 Å². The molecule has 112 valence electrons. The molecule has 3 aromatic heterocycles. The van der Waals surface area contributed by atoms with Crippen molar-refractivity contribution >= 4 is 76.2 Å². The van der Waals surface area contributed by atoms with Crippen LogP contribution in [-0.2, 0) is 0 Å². The molecule has 0 saturated heterocycles. The van der Waals surface area contributed by atoms with Crippen molar-refractivity contribution in [2.75, 3.05) is 0 Å². The number of thiophene rings is 1. The van der Waals surface area contributed by atoms with Crippen molar-refractivity contribution in [1.29, 1.82) is 0 Å². The first-order valence-electron chi connectivity index (χ1n) is 7.90. The second-order valence-electron chi connectivity index (χ2n) is 6.03. The predicted octanol–water partition coefficient (Wildman–Crippen LogP) is 5.97. The Hall–Kier alpha value is -2.19. The van der Waals surface area contributed by atoms with Crippen LogP contribution in [0.15, 0.2) is 66.9 Å². The molecule has 0 radical (unpaired) electrons. The van der Waals surface area contributed by atoms with Gasteiger partial charge in [-0.25, -0.2) is 0 Å². The van der Waals surface area contributed by atoms with Crippen LogP contribution in [0.2, 0.25) is 0 Å². The van der Waals surface area contributed by atoms with Gasteiger partial charge in [-0.2, -0.15) is 0 Å². The van der Waals surface area contributed by atoms with Crippen LogP contribution >= 0.6 is 11.3 Å². The first-order chi connectivity index (χ1) is 11.9. The van der Waals surface area contributed by atoms with E-state index >= 15 is 0 Å². The summed E-state index contributed by atoms with van der Waals surface area (Å²) in [4.78, 5) is 4.82. The van der Waals surface area contributed by atoms with E-state index in [1.165, 1.54) is 44.9 Å². The molecule has 3 heterocycles. The van der Waals surface area contributed by atoms with E-state index in [4.69, 9.17) is 4.98 Å². The molecule has 0 spiro atoms. The van der Waals surface area contributed by atoms with Crippen molar-refractivity contribution in [3.63, 3.8) is 0 Å². The molecule has 6 rings (SSSR count). The average molecular weight is 388 g/mol. The summed E-state index contributed by atoms with van der Waals surface area (Å²) >= 11 is 2.17. The van der Waals surface area contributed by atoms with Crippen LogP contribution < -0.4 is 0 Å². The van der Waals surface area contributed by atoms with Gasteiger partial charge in [-0.05, 0) is 0 Å². The Morgan fingerprint density at radius 2 is 1.67 bits per heavy atom. The molecular formula is C21H11NSSe. The minimum atomic E-state index is 0.282. The predicted molar refractivity (Wildman–Crippen MR) is 107 cm³/mol. The van der Waals surface area contributed by atoms with Crippen LogP contribution in [0.1, 0.15) is 0 Å². The third-order valence-electron chi connectivity index (χ3n) is 4.72. The Labute approximate surface area is 147 Å². The van der Waals surface area contributed by atoms with Gasteiger partial charge in [0, 0.05) is 0 Å². The second-order valence-corrected chi connectivity index (χ2v) is 9.32. The number of fused-ring (bicyclic) bond motifs is 4. The maximum atomic E-state index is 4.82. The van der Waals surface area contributed by atoms with Crippen molar-refractivity contribution in [3.8, 4) is 0 Å². The van der Waals surface area contributed by atoms with Gasteiger partial charge in [-0.3, -0.25) is 0 Å². The van der Waals surface area contributed by atoms with Gasteiger partial charge in [0.05, 0.1) is 0 Å². The topological polar surface area (TPSA) is 12.9 Å². The Kier molecular flexibility index (Phi) is 2.56. The number of nitrogens with zero attached hydrogens (tertiary/aromatic N) is 1. The Balaban J connectivity index is 2.08. The van der Waals surface area contributed by atoms with Gasteiger partial charge in [-0.15, -0.1) is 0 Å². The molecule has 0 bridgehead atoms. The maximum absolute atomic E-state index is 4.82. The number of hydrogen-bond acceptors (Lipinski definition) is 2. The summed E-state index contributed by atoms with van der Waals surface area (Å²) in [5.74, 6) is 0. The fourth-order valence-corrected chi connectivity index (χ4v) is 7.57. The molecule has 0 amide bonds. The molecule has 0 fully saturated rings. The molecule has 3 heteroatoms. The molecule has 3 aromatic carbocycles. The van der Waals surface area contributed by atoms with E-state index in [0.717, 1.165) is 5.52 Å². The Morgan fingerprint density at radius 1 is 0.750 bits per heavy atom. The standard InChI is InChI=1S/C21H11NSSe/c1-2-5-13-12(4-1)8-9-14-20-19-16(10-11-22-20)23-15-6-3-7-17(18(15)19)24-21(13)14/h1-11H. The fourth-order valence-electron chi connectivity index (χ4n) is 3.67. The average Bonchev–Trinajstić information content (AvgIpc) is 2.94. The van der Waals surface area contributed by atoms with Crippen LogP contribution in [-0.4, -0.2) is 19.5 Å². The van der Waals surface area contributed by atoms with Gasteiger partial charge in [0.25, 0.3) is 0 Å². The number of aromatic nitrogens is 1. The third kappa shape index (κ3) is 1.62. The van der Waals surface area contributed by atoms with Gasteiger partial charge in [-0.1, -0.05) is 0 Å². The summed E-state index contributed by atoms with van der Waals surface area (Å²) < 4.78 is 5.68. The molecule has 0 N–H and O–H groups in total. The molecule has 24 heavy (non-hydrogen) atoms. The van der Waals surface area contributed by atoms with Crippen molar-refractivity contribution in [2.24, 2.45) is 0 Å². The van der Waals surface area contributed by atoms with Crippen LogP contribution in [0.3, 0.4) is 0 Å². The quantitative estimate of drug-likeness (QED) is 0.292. The summed E-state index contributed by atoms with van der Waals surface area (Å²) in [6.45, 7) is 0. The van der Waals surface area contributed by atoms with Crippen molar-refractivity contribution in [1.82, 2.24) is 4.98 Å². The van der Waals surface area contributed by atoms with Gasteiger partial charge < -0.3 is 0 Å². The molecule has 0 atom stereocenters. The molecule has 0 saturated carbocycles. The zero-order chi connectivity index (χ0) is 15.7. The molecule has 0 aliphatic rings. The van der Waals surface area contributed by atoms with E-state index in [1.54, 1.807) is 0 Å². The molecule has 0 unspecified atom stereocenters. The van der Waals surface area contributed by atoms with Crippen LogP contribution in [0.5, 0.6) is 0 Å². The molecule has 6 aromatic rings. The van der Waals surface area contributed by atoms with Crippen molar-refractivity contribution < 1.29 is 0 Å². The zero-order valence-corrected chi connectivity index (χ0v) is 15.1. The minimum absolute atomic E-state index is 0.282. The van der Waals surface area contributed by atoms with E-state index in [0.29, 0.717) is 0 Å². The van der Waals surface area contributed by atoms with E-state index < -0.39 is 0 Å². The Bertz CT molecular complexity index is 1410. The van der Waals surface area contributed by atoms with Gasteiger partial charge >= 0.3 is 148 Å². The van der Waals surface area contributed by atoms with Crippen LogP contribution in [0.25, 0.3) is 50.4 Å². The zero-order valence-electron chi connectivity index (χ0n) is 12.6. The van der Waals surface area contributed by atoms with E-state index in [-0.39, 0.29) is 14.5 Å². The van der Waals surface area contributed by atoms with Crippen molar-refractivity contribution in [2.45, 2.75) is 0 Å². The van der Waals surface area contributed by atoms with Gasteiger partial charge in [0.1, 0.15) is 0 Å². The van der Waals surface area contributed by atoms with E-state index in [9.17, 15) is 0 Å². The van der Waals surface area contributed by atoms with E-state index in [1.807, 2.05) is 17.5 Å².